The van der Waals surface area contributed by atoms with Crippen LogP contribution in [0, 0.1) is 0 Å². The second-order valence-electron chi connectivity index (χ2n) is 6.48. The summed E-state index contributed by atoms with van der Waals surface area (Å²) >= 11 is 1.90. The average molecular weight is 345 g/mol. The van der Waals surface area contributed by atoms with Crippen LogP contribution in [0.15, 0.2) is 0 Å². The van der Waals surface area contributed by atoms with Gasteiger partial charge in [-0.05, 0) is 32.2 Å². The van der Waals surface area contributed by atoms with Gasteiger partial charge in [-0.1, -0.05) is 18.2 Å². The van der Waals surface area contributed by atoms with Gasteiger partial charge in [-0.25, -0.2) is 4.79 Å². The second-order valence-corrected chi connectivity index (χ2v) is 7.69. The van der Waals surface area contributed by atoms with E-state index in [1.807, 2.05) is 11.8 Å². The van der Waals surface area contributed by atoms with E-state index in [4.69, 9.17) is 5.73 Å². The molecule has 2 aliphatic rings. The van der Waals surface area contributed by atoms with Crippen molar-refractivity contribution >= 4 is 23.7 Å². The highest BCUT2D eigenvalue weighted by atomic mass is 32.2. The van der Waals surface area contributed by atoms with E-state index in [1.54, 1.807) is 0 Å². The lowest BCUT2D eigenvalue weighted by Gasteiger charge is -2.31. The Morgan fingerprint density at radius 2 is 2.17 bits per heavy atom. The largest absolute Gasteiger partial charge is 0.363 e. The van der Waals surface area contributed by atoms with Gasteiger partial charge < -0.3 is 11.1 Å². The van der Waals surface area contributed by atoms with Gasteiger partial charge in [0.05, 0.1) is 12.8 Å². The van der Waals surface area contributed by atoms with E-state index in [2.05, 4.69) is 23.1 Å². The Labute approximate surface area is 142 Å². The number of carbonyl (C=O) groups excluding carboxylic acids is 2. The number of hydrogen-bond donors (Lipinski definition) is 4. The van der Waals surface area contributed by atoms with Gasteiger partial charge in [0.1, 0.15) is 0 Å². The molecule has 0 aromatic carbocycles. The smallest absolute Gasteiger partial charge is 0.356 e. The summed E-state index contributed by atoms with van der Waals surface area (Å²) in [6.07, 6.45) is 6.80. The Morgan fingerprint density at radius 1 is 1.35 bits per heavy atom. The van der Waals surface area contributed by atoms with Crippen molar-refractivity contribution in [3.05, 3.63) is 0 Å². The van der Waals surface area contributed by atoms with Gasteiger partial charge in [-0.2, -0.15) is 10.0 Å². The molecule has 3 atom stereocenters. The molecular formula is C15H30N5O2S+. The number of quaternary nitrogens is 1. The molecule has 3 amide bonds. The third-order valence-electron chi connectivity index (χ3n) is 4.64. The van der Waals surface area contributed by atoms with Crippen molar-refractivity contribution in [1.82, 2.24) is 16.1 Å². The molecule has 3 unspecified atom stereocenters. The maximum Gasteiger partial charge on any atom is 0.363 e. The standard InChI is InChI=1S/C15H29N5O2S/c1-20-12(18-15(22)19-20)11-23-14(20)8-4-3-7-13(21)17-10-6-2-5-9-16/h12,14H,2-11,16H2,1H3,(H2-,17,18,19,21,22)/p+1. The highest BCUT2D eigenvalue weighted by Gasteiger charge is 2.53. The van der Waals surface area contributed by atoms with Crippen molar-refractivity contribution in [3.8, 4) is 0 Å². The molecule has 2 rings (SSSR count). The second kappa shape index (κ2) is 8.75. The van der Waals surface area contributed by atoms with Gasteiger partial charge in [0.15, 0.2) is 11.5 Å². The molecular weight excluding hydrogens is 314 g/mol. The number of nitrogens with two attached hydrogens (primary N) is 1. The third kappa shape index (κ3) is 4.99. The van der Waals surface area contributed by atoms with Gasteiger partial charge in [-0.3, -0.25) is 10.1 Å². The number of fused-ring (bicyclic) bond motifs is 1. The Hall–Kier alpha value is -0.990. The topological polar surface area (TPSA) is 96.2 Å². The number of urea groups is 1. The summed E-state index contributed by atoms with van der Waals surface area (Å²) in [7, 11) is 2.07. The monoisotopic (exact) mass is 344 g/mol. The molecule has 0 spiro atoms. The molecule has 8 heteroatoms. The van der Waals surface area contributed by atoms with Gasteiger partial charge >= 0.3 is 6.03 Å². The number of thioether (sulfide) groups is 1. The molecule has 2 fully saturated rings. The zero-order chi connectivity index (χ0) is 16.7. The van der Waals surface area contributed by atoms with E-state index >= 15 is 0 Å². The van der Waals surface area contributed by atoms with Crippen LogP contribution in [0.3, 0.4) is 0 Å². The Morgan fingerprint density at radius 3 is 2.96 bits per heavy atom. The molecule has 5 N–H and O–H groups in total. The van der Waals surface area contributed by atoms with Crippen LogP contribution in [0.4, 0.5) is 4.79 Å². The zero-order valence-electron chi connectivity index (χ0n) is 14.0. The molecule has 0 aliphatic carbocycles. The lowest BCUT2D eigenvalue weighted by Crippen LogP contribution is -2.58. The summed E-state index contributed by atoms with van der Waals surface area (Å²) in [5, 5.41) is 6.30. The van der Waals surface area contributed by atoms with Crippen molar-refractivity contribution < 1.29 is 14.2 Å². The van der Waals surface area contributed by atoms with Crippen LogP contribution in [0.5, 0.6) is 0 Å². The summed E-state index contributed by atoms with van der Waals surface area (Å²) in [4.78, 5) is 23.2. The first kappa shape index (κ1) is 18.4. The molecule has 0 radical (unpaired) electrons. The maximum atomic E-state index is 11.7. The summed E-state index contributed by atoms with van der Waals surface area (Å²) in [6, 6.07) is -0.0724. The van der Waals surface area contributed by atoms with Crippen molar-refractivity contribution in [2.45, 2.75) is 56.5 Å². The fourth-order valence-electron chi connectivity index (χ4n) is 3.16. The molecule has 2 saturated heterocycles. The minimum absolute atomic E-state index is 0.0724. The van der Waals surface area contributed by atoms with Crippen LogP contribution < -0.4 is 21.8 Å². The minimum Gasteiger partial charge on any atom is -0.356 e. The van der Waals surface area contributed by atoms with Crippen molar-refractivity contribution in [1.29, 1.82) is 0 Å². The zero-order valence-corrected chi connectivity index (χ0v) is 14.8. The molecule has 2 heterocycles. The third-order valence-corrected chi connectivity index (χ3v) is 6.21. The predicted molar refractivity (Wildman–Crippen MR) is 92.3 cm³/mol. The maximum absolute atomic E-state index is 11.7. The van der Waals surface area contributed by atoms with Crippen molar-refractivity contribution in [3.63, 3.8) is 0 Å². The van der Waals surface area contributed by atoms with Crippen molar-refractivity contribution in [2.75, 3.05) is 25.9 Å². The molecule has 0 bridgehead atoms. The summed E-state index contributed by atoms with van der Waals surface area (Å²) in [5.41, 5.74) is 8.45. The van der Waals surface area contributed by atoms with Gasteiger partial charge in [0.2, 0.25) is 5.91 Å². The number of hydrogen-bond acceptors (Lipinski definition) is 4. The Bertz CT molecular complexity index is 423. The highest BCUT2D eigenvalue weighted by Crippen LogP contribution is 2.37. The summed E-state index contributed by atoms with van der Waals surface area (Å²) in [5.74, 6) is 1.09. The summed E-state index contributed by atoms with van der Waals surface area (Å²) < 4.78 is 0.580. The van der Waals surface area contributed by atoms with Crippen LogP contribution >= 0.6 is 11.8 Å². The van der Waals surface area contributed by atoms with E-state index in [9.17, 15) is 9.59 Å². The SMILES string of the molecule is C[N+]12NC(=O)NC1CSC2CCCCC(=O)NCCCCCN. The van der Waals surface area contributed by atoms with Crippen LogP contribution in [0.25, 0.3) is 0 Å². The molecule has 2 aliphatic heterocycles. The van der Waals surface area contributed by atoms with E-state index in [1.165, 1.54) is 0 Å². The Kier molecular flexibility index (Phi) is 6.98. The van der Waals surface area contributed by atoms with Gasteiger partial charge in [0.25, 0.3) is 0 Å². The lowest BCUT2D eigenvalue weighted by molar-refractivity contribution is -0.961. The molecule has 0 aromatic heterocycles. The molecule has 132 valence electrons. The number of nitrogens with one attached hydrogen (secondary N) is 3. The lowest BCUT2D eigenvalue weighted by atomic mass is 10.1. The molecule has 23 heavy (non-hydrogen) atoms. The van der Waals surface area contributed by atoms with Crippen LogP contribution in [0.1, 0.15) is 44.9 Å². The first-order valence-electron chi connectivity index (χ1n) is 8.59. The number of amides is 3. The van der Waals surface area contributed by atoms with Crippen LogP contribution in [-0.4, -0.2) is 54.0 Å². The first-order chi connectivity index (χ1) is 11.1. The fraction of sp³-hybridized carbons (Fsp3) is 0.867. The predicted octanol–water partition coefficient (Wildman–Crippen LogP) is 0.865. The van der Waals surface area contributed by atoms with Crippen molar-refractivity contribution in [2.24, 2.45) is 5.73 Å². The molecule has 0 saturated carbocycles. The quantitative estimate of drug-likeness (QED) is 0.349. The summed E-state index contributed by atoms with van der Waals surface area (Å²) in [6.45, 7) is 1.48. The van der Waals surface area contributed by atoms with E-state index in [0.29, 0.717) is 16.4 Å². The first-order valence-corrected chi connectivity index (χ1v) is 9.64. The van der Waals surface area contributed by atoms with E-state index in [-0.39, 0.29) is 18.1 Å². The number of rotatable bonds is 10. The average Bonchev–Trinajstić information content (AvgIpc) is 2.95. The van der Waals surface area contributed by atoms with Gasteiger partial charge in [-0.15, -0.1) is 0 Å². The minimum atomic E-state index is -0.0724. The molecule has 7 nitrogen and oxygen atoms in total. The number of unbranched alkanes of at least 4 members (excludes halogenated alkanes) is 3. The van der Waals surface area contributed by atoms with Gasteiger partial charge in [0, 0.05) is 19.4 Å². The number of carbonyl (C=O) groups is 2. The van der Waals surface area contributed by atoms with E-state index < -0.39 is 0 Å². The van der Waals surface area contributed by atoms with Crippen LogP contribution in [-0.2, 0) is 4.79 Å². The molecule has 0 aromatic rings. The van der Waals surface area contributed by atoms with Crippen LogP contribution in [0.2, 0.25) is 0 Å². The fourth-order valence-corrected chi connectivity index (χ4v) is 4.80. The normalized spacial score (nSPS) is 29.0. The Balaban J connectivity index is 1.55. The number of nitrogens with zero attached hydrogens (tertiary/aromatic N) is 1. The highest BCUT2D eigenvalue weighted by molar-refractivity contribution is 7.99. The van der Waals surface area contributed by atoms with E-state index in [0.717, 1.165) is 57.4 Å².